The van der Waals surface area contributed by atoms with E-state index in [2.05, 4.69) is 6.08 Å². The number of esters is 4. The average molecular weight is 661 g/mol. The summed E-state index contributed by atoms with van der Waals surface area (Å²) in [4.78, 5) is 60.4. The van der Waals surface area contributed by atoms with E-state index >= 15 is 0 Å². The molecule has 0 spiro atoms. The molecular weight excluding hydrogens is 620 g/mol. The molecule has 14 nitrogen and oxygen atoms in total. The predicted octanol–water partition coefficient (Wildman–Crippen LogP) is 4.03. The van der Waals surface area contributed by atoms with E-state index in [0.29, 0.717) is 0 Å². The number of carbonyl (C=O) groups excluding carboxylic acids is 4. The summed E-state index contributed by atoms with van der Waals surface area (Å²) in [5.74, 6) is -3.83. The molecule has 0 amide bonds. The van der Waals surface area contributed by atoms with Crippen molar-refractivity contribution in [1.29, 1.82) is 0 Å². The van der Waals surface area contributed by atoms with Gasteiger partial charge in [-0.2, -0.15) is 0 Å². The van der Waals surface area contributed by atoms with Gasteiger partial charge in [0.2, 0.25) is 18.1 Å². The van der Waals surface area contributed by atoms with Crippen LogP contribution in [0.4, 0.5) is 0 Å². The van der Waals surface area contributed by atoms with Crippen LogP contribution in [0.15, 0.2) is 50.7 Å². The van der Waals surface area contributed by atoms with Crippen LogP contribution in [0.5, 0.6) is 17.2 Å². The highest BCUT2D eigenvalue weighted by atomic mass is 16.7. The Kier molecular flexibility index (Phi) is 13.0. The number of allylic oxidation sites excluding steroid dienone is 3. The van der Waals surface area contributed by atoms with Crippen molar-refractivity contribution in [1.82, 2.24) is 0 Å². The van der Waals surface area contributed by atoms with Crippen LogP contribution in [-0.4, -0.2) is 72.9 Å². The van der Waals surface area contributed by atoms with Crippen molar-refractivity contribution in [3.63, 3.8) is 0 Å². The molecule has 1 aliphatic rings. The van der Waals surface area contributed by atoms with Gasteiger partial charge in [-0.3, -0.25) is 19.2 Å². The zero-order valence-electron chi connectivity index (χ0n) is 27.4. The predicted molar refractivity (Wildman–Crippen MR) is 165 cm³/mol. The van der Waals surface area contributed by atoms with Crippen LogP contribution in [0, 0.1) is 0 Å². The van der Waals surface area contributed by atoms with E-state index in [9.17, 15) is 29.1 Å². The summed E-state index contributed by atoms with van der Waals surface area (Å²) < 4.78 is 44.1. The van der Waals surface area contributed by atoms with Crippen LogP contribution in [0.25, 0.3) is 11.0 Å². The minimum absolute atomic E-state index is 0.0181. The first kappa shape index (κ1) is 36.6. The third kappa shape index (κ3) is 10.6. The van der Waals surface area contributed by atoms with Crippen LogP contribution < -0.4 is 15.1 Å². The Morgan fingerprint density at radius 2 is 1.49 bits per heavy atom. The van der Waals surface area contributed by atoms with Crippen molar-refractivity contribution in [2.75, 3.05) is 13.2 Å². The fourth-order valence-electron chi connectivity index (χ4n) is 4.72. The molecule has 0 saturated carbocycles. The van der Waals surface area contributed by atoms with Gasteiger partial charge in [-0.15, -0.1) is 0 Å². The second kappa shape index (κ2) is 16.6. The molecule has 0 radical (unpaired) electrons. The minimum Gasteiger partial charge on any atom is -0.504 e. The Balaban J connectivity index is 1.91. The lowest BCUT2D eigenvalue weighted by Crippen LogP contribution is -2.63. The topological polar surface area (TPSA) is 183 Å². The van der Waals surface area contributed by atoms with Crippen LogP contribution in [0.1, 0.15) is 61.3 Å². The van der Waals surface area contributed by atoms with E-state index in [1.165, 1.54) is 23.8 Å². The van der Waals surface area contributed by atoms with E-state index in [1.54, 1.807) is 0 Å². The molecule has 0 unspecified atom stereocenters. The largest absolute Gasteiger partial charge is 0.504 e. The van der Waals surface area contributed by atoms with Gasteiger partial charge in [0.05, 0.1) is 5.39 Å². The first-order valence-electron chi connectivity index (χ1n) is 14.8. The van der Waals surface area contributed by atoms with Gasteiger partial charge in [-0.25, -0.2) is 4.79 Å². The second-order valence-electron chi connectivity index (χ2n) is 11.1. The molecule has 3 rings (SSSR count). The van der Waals surface area contributed by atoms with Crippen LogP contribution >= 0.6 is 0 Å². The minimum atomic E-state index is -1.51. The van der Waals surface area contributed by atoms with Gasteiger partial charge >= 0.3 is 29.5 Å². The van der Waals surface area contributed by atoms with Crippen molar-refractivity contribution in [3.8, 4) is 17.2 Å². The molecule has 1 saturated heterocycles. The summed E-state index contributed by atoms with van der Waals surface area (Å²) >= 11 is 0. The molecule has 1 fully saturated rings. The number of hydrogen-bond acceptors (Lipinski definition) is 14. The first-order chi connectivity index (χ1) is 22.2. The average Bonchev–Trinajstić information content (AvgIpc) is 2.95. The Bertz CT molecular complexity index is 1580. The Morgan fingerprint density at radius 1 is 0.851 bits per heavy atom. The normalized spacial score (nSPS) is 20.9. The van der Waals surface area contributed by atoms with Crippen molar-refractivity contribution in [3.05, 3.63) is 51.9 Å². The maximum atomic E-state index is 12.8. The molecule has 1 aliphatic heterocycles. The van der Waals surface area contributed by atoms with E-state index in [1.807, 2.05) is 26.8 Å². The molecular formula is C33H40O14. The summed E-state index contributed by atoms with van der Waals surface area (Å²) in [7, 11) is 0. The summed E-state index contributed by atoms with van der Waals surface area (Å²) in [6, 6.07) is 4.09. The summed E-state index contributed by atoms with van der Waals surface area (Å²) in [5, 5.41) is 11.0. The summed E-state index contributed by atoms with van der Waals surface area (Å²) in [6.45, 7) is 10.0. The maximum Gasteiger partial charge on any atom is 0.383 e. The van der Waals surface area contributed by atoms with Crippen molar-refractivity contribution >= 4 is 34.8 Å². The maximum absolute atomic E-state index is 12.8. The van der Waals surface area contributed by atoms with Crippen LogP contribution in [0.2, 0.25) is 0 Å². The Hall–Kier alpha value is -4.85. The van der Waals surface area contributed by atoms with Gasteiger partial charge in [-0.1, -0.05) is 17.2 Å². The molecule has 1 aromatic carbocycles. The number of fused-ring (bicyclic) bond motifs is 1. The molecule has 5 atom stereocenters. The molecule has 0 bridgehead atoms. The fraction of sp³-hybridized carbons (Fsp3) is 0.485. The highest BCUT2D eigenvalue weighted by Crippen LogP contribution is 2.35. The highest BCUT2D eigenvalue weighted by molar-refractivity contribution is 5.86. The smallest absolute Gasteiger partial charge is 0.383 e. The van der Waals surface area contributed by atoms with Gasteiger partial charge < -0.3 is 42.7 Å². The molecule has 256 valence electrons. The lowest BCUT2D eigenvalue weighted by atomic mass is 9.98. The van der Waals surface area contributed by atoms with Gasteiger partial charge in [0.1, 0.15) is 30.7 Å². The molecule has 14 heteroatoms. The second-order valence-corrected chi connectivity index (χ2v) is 11.1. The standard InChI is InChI=1S/C33H40O14/c1-17(2)9-8-10-18(3)13-14-40-29-27(38)24-12-11-23(15-25(24)46-32(29)39)45-33-31(44-22(7)37)30(43-21(6)36)28(42-20(5)35)26(47-33)16-41-19(4)34/h9,11-13,15,26,28,30-31,33,38H,8,10,14,16H2,1-7H3/b18-13+/t26-,28+,30+,31-,33-/m1/s1. The zero-order valence-corrected chi connectivity index (χ0v) is 27.4. The summed E-state index contributed by atoms with van der Waals surface area (Å²) in [5.41, 5.74) is 1.27. The van der Waals surface area contributed by atoms with Crippen molar-refractivity contribution < 1.29 is 61.9 Å². The molecule has 2 aromatic rings. The Labute approximate surface area is 271 Å². The van der Waals surface area contributed by atoms with Crippen LogP contribution in [-0.2, 0) is 42.9 Å². The van der Waals surface area contributed by atoms with Crippen molar-refractivity contribution in [2.45, 2.75) is 92.0 Å². The third-order valence-electron chi connectivity index (χ3n) is 6.76. The van der Waals surface area contributed by atoms with E-state index in [4.69, 9.17) is 37.6 Å². The number of aromatic hydroxyl groups is 1. The molecule has 2 heterocycles. The Morgan fingerprint density at radius 3 is 2.11 bits per heavy atom. The van der Waals surface area contributed by atoms with Gasteiger partial charge in [0.15, 0.2) is 18.0 Å². The molecule has 0 aliphatic carbocycles. The SMILES string of the molecule is CC(=O)OC[C@H]1O[C@@H](Oc2ccc3c(O)c(OC/C=C(\C)CCC=C(C)C)c(=O)oc3c2)[C@H](OC(C)=O)[C@@H](OC(C)=O)[C@H]1OC(C)=O. The fourth-order valence-corrected chi connectivity index (χ4v) is 4.72. The molecule has 1 N–H and O–H groups in total. The number of carbonyl (C=O) groups is 4. The van der Waals surface area contributed by atoms with Gasteiger partial charge in [-0.05, 0) is 51.8 Å². The summed E-state index contributed by atoms with van der Waals surface area (Å²) in [6.07, 6.45) is -1.39. The number of rotatable bonds is 13. The van der Waals surface area contributed by atoms with Gasteiger partial charge in [0, 0.05) is 33.8 Å². The van der Waals surface area contributed by atoms with Crippen molar-refractivity contribution in [2.24, 2.45) is 0 Å². The van der Waals surface area contributed by atoms with E-state index in [0.717, 1.165) is 46.1 Å². The number of benzene rings is 1. The first-order valence-corrected chi connectivity index (χ1v) is 14.8. The van der Waals surface area contributed by atoms with Crippen LogP contribution in [0.3, 0.4) is 0 Å². The monoisotopic (exact) mass is 660 g/mol. The molecule has 47 heavy (non-hydrogen) atoms. The lowest BCUT2D eigenvalue weighted by molar-refractivity contribution is -0.288. The zero-order chi connectivity index (χ0) is 34.8. The van der Waals surface area contributed by atoms with Gasteiger partial charge in [0.25, 0.3) is 0 Å². The third-order valence-corrected chi connectivity index (χ3v) is 6.76. The van der Waals surface area contributed by atoms with E-state index < -0.39 is 72.6 Å². The van der Waals surface area contributed by atoms with E-state index in [-0.39, 0.29) is 29.1 Å². The molecule has 1 aromatic heterocycles. The lowest BCUT2D eigenvalue weighted by Gasteiger charge is -2.43. The highest BCUT2D eigenvalue weighted by Gasteiger charge is 2.53. The number of ether oxygens (including phenoxy) is 7. The number of hydrogen-bond donors (Lipinski definition) is 1. The quantitative estimate of drug-likeness (QED) is 0.141.